The number of rotatable bonds is 3. The van der Waals surface area contributed by atoms with Gasteiger partial charge in [-0.25, -0.2) is 9.48 Å². The molecule has 19 heavy (non-hydrogen) atoms. The van der Waals surface area contributed by atoms with E-state index in [1.54, 1.807) is 6.07 Å². The number of aromatic nitrogens is 3. The topological polar surface area (TPSA) is 111 Å². The van der Waals surface area contributed by atoms with Crippen LogP contribution in [0.25, 0.3) is 0 Å². The van der Waals surface area contributed by atoms with Gasteiger partial charge in [0.15, 0.2) is 4.60 Å². The minimum absolute atomic E-state index is 0.0237. The maximum atomic E-state index is 11.5. The molecule has 0 bridgehead atoms. The first kappa shape index (κ1) is 13.1. The second-order valence-corrected chi connectivity index (χ2v) is 4.39. The van der Waals surface area contributed by atoms with Crippen LogP contribution in [0.1, 0.15) is 5.56 Å². The molecule has 0 aliphatic rings. The van der Waals surface area contributed by atoms with Crippen molar-refractivity contribution in [2.75, 3.05) is 0 Å². The number of nitrogens with zero attached hydrogens (tertiary/aromatic N) is 3. The van der Waals surface area contributed by atoms with Crippen molar-refractivity contribution in [1.82, 2.24) is 14.8 Å². The third-order valence-electron chi connectivity index (χ3n) is 2.30. The first-order chi connectivity index (χ1) is 8.97. The summed E-state index contributed by atoms with van der Waals surface area (Å²) < 4.78 is 0.974. The molecule has 0 saturated carbocycles. The molecule has 8 nitrogen and oxygen atoms in total. The number of nitro groups is 1. The number of aromatic amines is 1. The molecular weight excluding hydrogens is 320 g/mol. The molecule has 0 amide bonds. The Morgan fingerprint density at radius 3 is 2.84 bits per heavy atom. The molecule has 98 valence electrons. The van der Waals surface area contributed by atoms with Gasteiger partial charge in [-0.1, -0.05) is 12.1 Å². The molecule has 2 rings (SSSR count). The van der Waals surface area contributed by atoms with Gasteiger partial charge in [0, 0.05) is 12.1 Å². The number of non-ortho nitro benzene ring substituents is 1. The molecule has 0 spiro atoms. The van der Waals surface area contributed by atoms with E-state index in [2.05, 4.69) is 26.0 Å². The van der Waals surface area contributed by atoms with E-state index >= 15 is 0 Å². The van der Waals surface area contributed by atoms with Gasteiger partial charge in [0.05, 0.1) is 11.5 Å². The first-order valence-corrected chi connectivity index (χ1v) is 5.87. The van der Waals surface area contributed by atoms with E-state index < -0.39 is 16.2 Å². The van der Waals surface area contributed by atoms with Crippen LogP contribution in [0.4, 0.5) is 5.69 Å². The van der Waals surface area contributed by atoms with Crippen LogP contribution >= 0.6 is 15.9 Å². The lowest BCUT2D eigenvalue weighted by atomic mass is 10.2. The number of hydrogen-bond donors (Lipinski definition) is 1. The van der Waals surface area contributed by atoms with E-state index in [4.69, 9.17) is 0 Å². The highest BCUT2D eigenvalue weighted by Gasteiger charge is 2.08. The number of nitrogens with one attached hydrogen (secondary N) is 1. The van der Waals surface area contributed by atoms with E-state index in [9.17, 15) is 19.7 Å². The Labute approximate surface area is 114 Å². The van der Waals surface area contributed by atoms with Crippen molar-refractivity contribution >= 4 is 21.6 Å². The molecule has 1 N–H and O–H groups in total. The zero-order chi connectivity index (χ0) is 14.0. The quantitative estimate of drug-likeness (QED) is 0.657. The van der Waals surface area contributed by atoms with Crippen LogP contribution in [0.15, 0.2) is 38.5 Å². The van der Waals surface area contributed by atoms with Crippen molar-refractivity contribution < 1.29 is 4.92 Å². The molecule has 1 heterocycles. The van der Waals surface area contributed by atoms with Gasteiger partial charge in [0.2, 0.25) is 0 Å². The third kappa shape index (κ3) is 2.94. The van der Waals surface area contributed by atoms with Crippen molar-refractivity contribution in [2.24, 2.45) is 0 Å². The van der Waals surface area contributed by atoms with E-state index in [1.807, 2.05) is 0 Å². The lowest BCUT2D eigenvalue weighted by Gasteiger charge is -2.04. The van der Waals surface area contributed by atoms with E-state index in [-0.39, 0.29) is 16.8 Å². The fourth-order valence-electron chi connectivity index (χ4n) is 1.46. The summed E-state index contributed by atoms with van der Waals surface area (Å²) in [4.78, 5) is 34.8. The normalized spacial score (nSPS) is 10.4. The minimum Gasteiger partial charge on any atom is -0.270 e. The molecule has 9 heteroatoms. The number of hydrogen-bond acceptors (Lipinski definition) is 5. The summed E-state index contributed by atoms with van der Waals surface area (Å²) in [5.74, 6) is 0. The van der Waals surface area contributed by atoms with Gasteiger partial charge in [-0.2, -0.15) is 5.10 Å². The van der Waals surface area contributed by atoms with Crippen LogP contribution in [0.2, 0.25) is 0 Å². The van der Waals surface area contributed by atoms with Crippen LogP contribution in [-0.2, 0) is 6.54 Å². The smallest absolute Gasteiger partial charge is 0.270 e. The number of halogens is 1. The summed E-state index contributed by atoms with van der Waals surface area (Å²) >= 11 is 2.91. The molecule has 2 aromatic rings. The molecule has 0 unspecified atom stereocenters. The van der Waals surface area contributed by atoms with Crippen LogP contribution in [-0.4, -0.2) is 19.7 Å². The van der Waals surface area contributed by atoms with Crippen molar-refractivity contribution in [3.05, 3.63) is 65.4 Å². The molecule has 0 saturated heterocycles. The minimum atomic E-state index is -0.681. The lowest BCUT2D eigenvalue weighted by molar-refractivity contribution is -0.384. The zero-order valence-electron chi connectivity index (χ0n) is 9.37. The largest absolute Gasteiger partial charge is 0.345 e. The summed E-state index contributed by atoms with van der Waals surface area (Å²) in [5.41, 5.74) is -0.850. The van der Waals surface area contributed by atoms with Crippen molar-refractivity contribution in [3.8, 4) is 0 Å². The van der Waals surface area contributed by atoms with Gasteiger partial charge in [-0.15, -0.1) is 0 Å². The fourth-order valence-corrected chi connectivity index (χ4v) is 1.75. The molecule has 0 atom stereocenters. The van der Waals surface area contributed by atoms with Crippen LogP contribution in [0.5, 0.6) is 0 Å². The first-order valence-electron chi connectivity index (χ1n) is 5.07. The van der Waals surface area contributed by atoms with E-state index in [0.717, 1.165) is 4.68 Å². The molecule has 1 aromatic heterocycles. The highest BCUT2D eigenvalue weighted by Crippen LogP contribution is 2.13. The summed E-state index contributed by atoms with van der Waals surface area (Å²) in [6, 6.07) is 5.83. The summed E-state index contributed by atoms with van der Waals surface area (Å²) in [6.45, 7) is 0.0237. The Balaban J connectivity index is 2.39. The molecule has 0 fully saturated rings. The van der Waals surface area contributed by atoms with Gasteiger partial charge in [-0.3, -0.25) is 19.9 Å². The second-order valence-electron chi connectivity index (χ2n) is 3.63. The molecular formula is C10H7BrN4O4. The predicted octanol–water partition coefficient (Wildman–Crippen LogP) is 0.651. The van der Waals surface area contributed by atoms with Crippen molar-refractivity contribution in [3.63, 3.8) is 0 Å². The highest BCUT2D eigenvalue weighted by atomic mass is 79.9. The molecule has 0 radical (unpaired) electrons. The van der Waals surface area contributed by atoms with E-state index in [0.29, 0.717) is 5.56 Å². The number of nitro benzene ring substituents is 1. The predicted molar refractivity (Wildman–Crippen MR) is 69.0 cm³/mol. The Hall–Kier alpha value is -2.29. The zero-order valence-corrected chi connectivity index (χ0v) is 11.0. The standard InChI is InChI=1S/C10H7BrN4O4/c11-8-9(16)12-10(17)14(13-8)5-6-2-1-3-7(4-6)15(18)19/h1-4H,5H2,(H,12,16,17). The number of H-pyrrole nitrogens is 1. The Kier molecular flexibility index (Phi) is 3.56. The van der Waals surface area contributed by atoms with Gasteiger partial charge in [0.25, 0.3) is 11.2 Å². The Morgan fingerprint density at radius 2 is 2.16 bits per heavy atom. The average molecular weight is 327 g/mol. The van der Waals surface area contributed by atoms with Gasteiger partial charge < -0.3 is 0 Å². The van der Waals surface area contributed by atoms with Crippen molar-refractivity contribution in [1.29, 1.82) is 0 Å². The fraction of sp³-hybridized carbons (Fsp3) is 0.100. The number of benzene rings is 1. The summed E-state index contributed by atoms with van der Waals surface area (Å²) in [6.07, 6.45) is 0. The molecule has 0 aliphatic carbocycles. The Bertz CT molecular complexity index is 752. The summed E-state index contributed by atoms with van der Waals surface area (Å²) in [7, 11) is 0. The van der Waals surface area contributed by atoms with Gasteiger partial charge in [-0.05, 0) is 21.5 Å². The van der Waals surface area contributed by atoms with Gasteiger partial charge in [0.1, 0.15) is 0 Å². The Morgan fingerprint density at radius 1 is 1.42 bits per heavy atom. The monoisotopic (exact) mass is 326 g/mol. The average Bonchev–Trinajstić information content (AvgIpc) is 2.36. The molecule has 1 aromatic carbocycles. The second kappa shape index (κ2) is 5.14. The van der Waals surface area contributed by atoms with E-state index in [1.165, 1.54) is 18.2 Å². The summed E-state index contributed by atoms with van der Waals surface area (Å²) in [5, 5.41) is 14.4. The van der Waals surface area contributed by atoms with Crippen LogP contribution in [0.3, 0.4) is 0 Å². The molecule has 0 aliphatic heterocycles. The maximum Gasteiger partial charge on any atom is 0.345 e. The highest BCUT2D eigenvalue weighted by molar-refractivity contribution is 9.10. The van der Waals surface area contributed by atoms with Crippen LogP contribution < -0.4 is 11.2 Å². The lowest BCUT2D eigenvalue weighted by Crippen LogP contribution is -2.33. The SMILES string of the molecule is O=c1[nH]c(=O)n(Cc2cccc([N+](=O)[O-])c2)nc1Br. The van der Waals surface area contributed by atoms with Crippen molar-refractivity contribution in [2.45, 2.75) is 6.54 Å². The third-order valence-corrected chi connectivity index (χ3v) is 2.82. The maximum absolute atomic E-state index is 11.5. The van der Waals surface area contributed by atoms with Gasteiger partial charge >= 0.3 is 5.69 Å². The van der Waals surface area contributed by atoms with Crippen LogP contribution in [0, 0.1) is 10.1 Å².